The number of fused-ring (bicyclic) bond motifs is 6. The second-order valence-corrected chi connectivity index (χ2v) is 28.1. The van der Waals surface area contributed by atoms with Crippen LogP contribution in [0.3, 0.4) is 0 Å². The van der Waals surface area contributed by atoms with Gasteiger partial charge in [0.25, 0.3) is 0 Å². The number of aromatic nitrogens is 6. The minimum atomic E-state index is -4.12. The zero-order chi connectivity index (χ0) is 70.0. The summed E-state index contributed by atoms with van der Waals surface area (Å²) in [5, 5.41) is 9.47. The van der Waals surface area contributed by atoms with Crippen LogP contribution in [0.1, 0.15) is 107 Å². The fourth-order valence-electron chi connectivity index (χ4n) is 13.7. The number of piperazine rings is 1. The number of hydrogen-bond acceptors (Lipinski definition) is 20. The number of carbonyl (C=O) groups excluding carboxylic acids is 3. The number of methoxy groups -OCH3 is 2. The summed E-state index contributed by atoms with van der Waals surface area (Å²) in [6, 6.07) is 19.0. The van der Waals surface area contributed by atoms with E-state index in [0.717, 1.165) is 22.3 Å². The van der Waals surface area contributed by atoms with E-state index in [1.807, 2.05) is 62.9 Å². The molecule has 0 spiro atoms. The molecule has 24 nitrogen and oxygen atoms in total. The number of esters is 1. The normalized spacial score (nSPS) is 18.6. The van der Waals surface area contributed by atoms with Crippen LogP contribution in [0.25, 0.3) is 44.0 Å². The van der Waals surface area contributed by atoms with Gasteiger partial charge in [-0.05, 0) is 137 Å². The lowest BCUT2D eigenvalue weighted by molar-refractivity contribution is -0.143. The minimum Gasteiger partial charge on any atom is -0.494 e. The van der Waals surface area contributed by atoms with Crippen LogP contribution in [0.2, 0.25) is 0 Å². The maximum Gasteiger partial charge on any atom is 0.410 e. The van der Waals surface area contributed by atoms with E-state index in [9.17, 15) is 22.8 Å². The molecule has 5 atom stereocenters. The van der Waals surface area contributed by atoms with Crippen LogP contribution in [0.5, 0.6) is 29.0 Å². The standard InChI is InChI=1S/C72H80F2N10O14S/c1-11-53-57(73)21-17-45-29-52(96-41-90-9)32-55(64(45)53)66-65(74)67-56(35-75-66)69(81-38-48-18-19-49(39-81)84(48)71(87)98-72(5,6)7)77-70(76-67)95-40-50-14-13-24-83(50)62(85)23-25-92-26-27-94-51-20-22-61-59(33-51)97-43(4)36-82(99(61,88)89)37-47-28-44(16-15-42(47)3)54(34-63(86)93-12-2)46-30-58-68(60(31-46)91-10)80(8)79-78-58/h1,15-17,20-22,28-33,35,43,48-50,54H,12-14,18-19,23-27,34,36-41H2,2-10H3/t43-,48-,49+,50+,54?/m1/s1. The van der Waals surface area contributed by atoms with Crippen molar-refractivity contribution in [3.8, 4) is 52.6 Å². The van der Waals surface area contributed by atoms with Crippen LogP contribution in [-0.4, -0.2) is 180 Å². The van der Waals surface area contributed by atoms with Gasteiger partial charge in [0.15, 0.2) is 12.6 Å². The molecule has 522 valence electrons. The summed E-state index contributed by atoms with van der Waals surface area (Å²) >= 11 is 0. The summed E-state index contributed by atoms with van der Waals surface area (Å²) in [6.07, 6.45) is 9.19. The van der Waals surface area contributed by atoms with Gasteiger partial charge < -0.3 is 52.4 Å². The SMILES string of the molecule is C#Cc1c(F)ccc2cc(OCOC)cc(-c3ncc4c(N5C[C@H]6CC[C@@H](C5)N6C(=O)OC(C)(C)C)nc(OC[C@@H]5CCCN5C(=O)CCOCCOc5ccc6c(c5)O[C@H](C)CN(Cc5cc(C(CC(=O)OCC)c7cc(OC)c8c(c7)nnn8C)ccc5C)S6(=O)=O)nc4c3F)c12. The van der Waals surface area contributed by atoms with Crippen molar-refractivity contribution in [3.05, 3.63) is 118 Å². The number of terminal acetylenes is 1. The Bertz CT molecular complexity index is 4550. The summed E-state index contributed by atoms with van der Waals surface area (Å²) < 4.78 is 118. The molecule has 12 rings (SSSR count). The summed E-state index contributed by atoms with van der Waals surface area (Å²) in [5.41, 5.74) is 3.45. The highest BCUT2D eigenvalue weighted by Crippen LogP contribution is 2.43. The van der Waals surface area contributed by atoms with Crippen LogP contribution in [0.4, 0.5) is 19.4 Å². The number of rotatable bonds is 23. The first kappa shape index (κ1) is 69.4. The number of sulfonamides is 1. The van der Waals surface area contributed by atoms with E-state index >= 15 is 8.78 Å². The van der Waals surface area contributed by atoms with Crippen LogP contribution < -0.4 is 28.6 Å². The second-order valence-electron chi connectivity index (χ2n) is 26.2. The molecule has 99 heavy (non-hydrogen) atoms. The van der Waals surface area contributed by atoms with E-state index in [-0.39, 0.29) is 140 Å². The smallest absolute Gasteiger partial charge is 0.410 e. The molecule has 3 fully saturated rings. The van der Waals surface area contributed by atoms with Crippen LogP contribution >= 0.6 is 0 Å². The Labute approximate surface area is 572 Å². The Morgan fingerprint density at radius 1 is 0.889 bits per heavy atom. The fourth-order valence-corrected chi connectivity index (χ4v) is 15.3. The number of hydrogen-bond donors (Lipinski definition) is 0. The minimum absolute atomic E-state index is 0.00985. The Kier molecular flexibility index (Phi) is 20.4. The van der Waals surface area contributed by atoms with E-state index < -0.39 is 51.3 Å². The summed E-state index contributed by atoms with van der Waals surface area (Å²) in [7, 11) is 0.668. The Balaban J connectivity index is 0.699. The van der Waals surface area contributed by atoms with Crippen molar-refractivity contribution in [1.82, 2.24) is 44.1 Å². The van der Waals surface area contributed by atoms with Crippen molar-refractivity contribution >= 4 is 66.5 Å². The van der Waals surface area contributed by atoms with Crippen molar-refractivity contribution in [3.63, 3.8) is 0 Å². The molecule has 4 aliphatic rings. The summed E-state index contributed by atoms with van der Waals surface area (Å²) in [5.74, 6) is 1.50. The number of amides is 2. The van der Waals surface area contributed by atoms with Gasteiger partial charge >= 0.3 is 18.1 Å². The first-order valence-electron chi connectivity index (χ1n) is 33.1. The summed E-state index contributed by atoms with van der Waals surface area (Å²) in [6.45, 7) is 12.5. The van der Waals surface area contributed by atoms with Gasteiger partial charge in [-0.3, -0.25) is 19.5 Å². The quantitative estimate of drug-likeness (QED) is 0.0250. The third-order valence-corrected chi connectivity index (χ3v) is 20.2. The molecule has 7 heterocycles. The van der Waals surface area contributed by atoms with E-state index in [1.54, 1.807) is 60.7 Å². The van der Waals surface area contributed by atoms with Crippen LogP contribution in [-0.2, 0) is 52.2 Å². The number of nitrogens with zero attached hydrogens (tertiary/aromatic N) is 10. The van der Waals surface area contributed by atoms with Crippen molar-refractivity contribution in [2.75, 3.05) is 85.1 Å². The molecular formula is C72H80F2N10O14S. The number of ether oxygens (including phenoxy) is 9. The predicted octanol–water partition coefficient (Wildman–Crippen LogP) is 10.2. The Hall–Kier alpha value is -9.49. The number of pyridine rings is 1. The monoisotopic (exact) mass is 1380 g/mol. The molecule has 8 aromatic rings. The lowest BCUT2D eigenvalue weighted by atomic mass is 9.86. The number of halogens is 2. The molecule has 0 N–H and O–H groups in total. The van der Waals surface area contributed by atoms with Gasteiger partial charge in [-0.2, -0.15) is 14.3 Å². The number of anilines is 1. The first-order chi connectivity index (χ1) is 47.5. The average Bonchev–Trinajstić information content (AvgIpc) is 1.60. The average molecular weight is 1380 g/mol. The third-order valence-electron chi connectivity index (χ3n) is 18.3. The topological polar surface area (TPSA) is 251 Å². The molecule has 4 aliphatic heterocycles. The molecule has 27 heteroatoms. The van der Waals surface area contributed by atoms with Gasteiger partial charge in [0.2, 0.25) is 15.9 Å². The molecule has 1 unspecified atom stereocenters. The highest BCUT2D eigenvalue weighted by atomic mass is 32.2. The zero-order valence-corrected chi connectivity index (χ0v) is 57.7. The second kappa shape index (κ2) is 29.1. The number of likely N-dealkylation sites (tertiary alicyclic amines) is 1. The van der Waals surface area contributed by atoms with Gasteiger partial charge in [0.05, 0.1) is 75.4 Å². The fraction of sp³-hybridized carbons (Fsp3) is 0.444. The highest BCUT2D eigenvalue weighted by molar-refractivity contribution is 7.89. The van der Waals surface area contributed by atoms with Gasteiger partial charge in [0, 0.05) is 69.5 Å². The predicted molar refractivity (Wildman–Crippen MR) is 362 cm³/mol. The largest absolute Gasteiger partial charge is 0.494 e. The van der Waals surface area contributed by atoms with Crippen molar-refractivity contribution in [2.24, 2.45) is 7.05 Å². The van der Waals surface area contributed by atoms with Crippen molar-refractivity contribution in [1.29, 1.82) is 0 Å². The van der Waals surface area contributed by atoms with E-state index in [2.05, 4.69) is 26.2 Å². The van der Waals surface area contributed by atoms with Crippen molar-refractivity contribution < 1.29 is 74.2 Å². The Morgan fingerprint density at radius 2 is 1.69 bits per heavy atom. The van der Waals surface area contributed by atoms with Crippen LogP contribution in [0.15, 0.2) is 83.9 Å². The van der Waals surface area contributed by atoms with E-state index in [1.165, 1.54) is 41.9 Å². The van der Waals surface area contributed by atoms with Crippen LogP contribution in [0, 0.1) is 30.9 Å². The molecule has 2 amide bonds. The molecule has 0 saturated carbocycles. The van der Waals surface area contributed by atoms with Crippen molar-refractivity contribution in [2.45, 2.75) is 127 Å². The molecule has 2 bridgehead atoms. The maximum atomic E-state index is 17.7. The first-order valence-corrected chi connectivity index (χ1v) is 34.5. The third kappa shape index (κ3) is 14.7. The molecular weight excluding hydrogens is 1300 g/mol. The van der Waals surface area contributed by atoms with Gasteiger partial charge in [-0.25, -0.2) is 26.7 Å². The number of aryl methyl sites for hydroxylation is 2. The lowest BCUT2D eigenvalue weighted by Crippen LogP contribution is -2.57. The zero-order valence-electron chi connectivity index (χ0n) is 56.8. The van der Waals surface area contributed by atoms with Gasteiger partial charge in [0.1, 0.15) is 86.7 Å². The maximum absolute atomic E-state index is 17.7. The lowest BCUT2D eigenvalue weighted by Gasteiger charge is -2.42. The Morgan fingerprint density at radius 3 is 2.43 bits per heavy atom. The summed E-state index contributed by atoms with van der Waals surface area (Å²) in [4.78, 5) is 60.3. The number of benzene rings is 5. The molecule has 3 aromatic heterocycles. The highest BCUT2D eigenvalue weighted by Gasteiger charge is 2.46. The van der Waals surface area contributed by atoms with E-state index in [4.69, 9.17) is 54.0 Å². The molecule has 0 radical (unpaired) electrons. The van der Waals surface area contributed by atoms with Gasteiger partial charge in [-0.15, -0.1) is 11.5 Å². The van der Waals surface area contributed by atoms with Gasteiger partial charge in [-0.1, -0.05) is 35.4 Å². The van der Waals surface area contributed by atoms with E-state index in [0.29, 0.717) is 84.8 Å². The molecule has 0 aliphatic carbocycles. The molecule has 3 saturated heterocycles. The molecule has 5 aromatic carbocycles. The number of carbonyl (C=O) groups is 3.